The molecule has 0 aliphatic heterocycles. The van der Waals surface area contributed by atoms with Gasteiger partial charge >= 0.3 is 0 Å². The van der Waals surface area contributed by atoms with Gasteiger partial charge in [0.1, 0.15) is 5.75 Å². The Labute approximate surface area is 144 Å². The number of hydrogen-bond acceptors (Lipinski definition) is 3. The van der Waals surface area contributed by atoms with Gasteiger partial charge in [-0.25, -0.2) is 0 Å². The fraction of sp³-hybridized carbons (Fsp3) is 0.579. The van der Waals surface area contributed by atoms with Gasteiger partial charge in [0.2, 0.25) is 5.91 Å². The Kier molecular flexibility index (Phi) is 7.59. The molecule has 24 heavy (non-hydrogen) atoms. The number of ether oxygens (including phenoxy) is 1. The van der Waals surface area contributed by atoms with Gasteiger partial charge in [0.25, 0.3) is 5.91 Å². The Balaban J connectivity index is 1.66. The van der Waals surface area contributed by atoms with Crippen LogP contribution in [0.4, 0.5) is 0 Å². The summed E-state index contributed by atoms with van der Waals surface area (Å²) in [4.78, 5) is 24.0. The molecule has 0 saturated heterocycles. The molecule has 1 aliphatic carbocycles. The van der Waals surface area contributed by atoms with Crippen molar-refractivity contribution >= 4 is 11.8 Å². The first kappa shape index (κ1) is 18.3. The van der Waals surface area contributed by atoms with E-state index in [1.165, 1.54) is 32.1 Å². The number of carbonyl (C=O) groups excluding carboxylic acids is 2. The first-order valence-electron chi connectivity index (χ1n) is 8.97. The van der Waals surface area contributed by atoms with Gasteiger partial charge in [0.15, 0.2) is 0 Å². The van der Waals surface area contributed by atoms with Crippen molar-refractivity contribution in [2.75, 3.05) is 19.7 Å². The van der Waals surface area contributed by atoms with Gasteiger partial charge in [-0.2, -0.15) is 0 Å². The molecule has 5 heteroatoms. The Morgan fingerprint density at radius 2 is 1.92 bits per heavy atom. The highest BCUT2D eigenvalue weighted by Crippen LogP contribution is 2.28. The van der Waals surface area contributed by atoms with Crippen molar-refractivity contribution in [1.82, 2.24) is 10.6 Å². The lowest BCUT2D eigenvalue weighted by molar-refractivity contribution is -0.120. The summed E-state index contributed by atoms with van der Waals surface area (Å²) in [7, 11) is 0. The number of amides is 2. The van der Waals surface area contributed by atoms with E-state index < -0.39 is 0 Å². The smallest absolute Gasteiger partial charge is 0.255 e. The molecule has 1 aromatic rings. The van der Waals surface area contributed by atoms with Crippen molar-refractivity contribution in [2.24, 2.45) is 5.92 Å². The fourth-order valence-electron chi connectivity index (χ4n) is 3.17. The summed E-state index contributed by atoms with van der Waals surface area (Å²) in [6, 6.07) is 7.04. The number of nitrogens with one attached hydrogen (secondary N) is 2. The summed E-state index contributed by atoms with van der Waals surface area (Å²) in [5.74, 6) is 0.940. The lowest BCUT2D eigenvalue weighted by Crippen LogP contribution is -2.37. The van der Waals surface area contributed by atoms with Gasteiger partial charge < -0.3 is 15.4 Å². The lowest BCUT2D eigenvalue weighted by atomic mass is 10.0. The summed E-state index contributed by atoms with van der Waals surface area (Å²) >= 11 is 0. The van der Waals surface area contributed by atoms with Crippen LogP contribution in [0.1, 0.15) is 55.8 Å². The minimum atomic E-state index is -0.292. The van der Waals surface area contributed by atoms with E-state index in [-0.39, 0.29) is 18.4 Å². The van der Waals surface area contributed by atoms with Gasteiger partial charge in [-0.3, -0.25) is 9.59 Å². The average molecular weight is 332 g/mol. The highest BCUT2D eigenvalue weighted by atomic mass is 16.5. The normalized spacial score (nSPS) is 14.4. The van der Waals surface area contributed by atoms with Crippen LogP contribution < -0.4 is 15.4 Å². The average Bonchev–Trinajstić information content (AvgIpc) is 3.11. The Morgan fingerprint density at radius 1 is 1.17 bits per heavy atom. The predicted octanol–water partition coefficient (Wildman–Crippen LogP) is 2.90. The maximum Gasteiger partial charge on any atom is 0.255 e. The number of para-hydroxylation sites is 1. The first-order valence-corrected chi connectivity index (χ1v) is 8.97. The van der Waals surface area contributed by atoms with E-state index in [0.29, 0.717) is 24.5 Å². The zero-order chi connectivity index (χ0) is 17.2. The number of carbonyl (C=O) groups is 2. The molecule has 0 spiro atoms. The molecule has 1 aromatic carbocycles. The molecule has 132 valence electrons. The number of benzene rings is 1. The molecule has 1 fully saturated rings. The van der Waals surface area contributed by atoms with E-state index in [1.54, 1.807) is 18.2 Å². The quantitative estimate of drug-likeness (QED) is 0.683. The number of hydrogen-bond donors (Lipinski definition) is 2. The Morgan fingerprint density at radius 3 is 2.67 bits per heavy atom. The van der Waals surface area contributed by atoms with Gasteiger partial charge in [-0.1, -0.05) is 37.8 Å². The molecule has 5 nitrogen and oxygen atoms in total. The standard InChI is InChI=1S/C19H28N2O3/c1-2-24-17-12-6-5-11-16(17)19(23)21-14-18(22)20-13-7-10-15-8-3-4-9-15/h5-6,11-12,15H,2-4,7-10,13-14H2,1H3,(H,20,22)(H,21,23). The number of rotatable bonds is 9. The molecule has 2 amide bonds. The minimum Gasteiger partial charge on any atom is -0.493 e. The molecule has 0 aromatic heterocycles. The van der Waals surface area contributed by atoms with Crippen LogP contribution in [0.15, 0.2) is 24.3 Å². The summed E-state index contributed by atoms with van der Waals surface area (Å²) < 4.78 is 5.43. The maximum absolute atomic E-state index is 12.2. The molecular weight excluding hydrogens is 304 g/mol. The van der Waals surface area contributed by atoms with E-state index >= 15 is 0 Å². The zero-order valence-electron chi connectivity index (χ0n) is 14.5. The van der Waals surface area contributed by atoms with Gasteiger partial charge in [-0.05, 0) is 37.8 Å². The van der Waals surface area contributed by atoms with Crippen molar-refractivity contribution in [3.8, 4) is 5.75 Å². The third-order valence-electron chi connectivity index (χ3n) is 4.43. The molecule has 1 aliphatic rings. The molecule has 0 heterocycles. The van der Waals surface area contributed by atoms with Gasteiger partial charge in [-0.15, -0.1) is 0 Å². The van der Waals surface area contributed by atoms with Crippen molar-refractivity contribution in [3.63, 3.8) is 0 Å². The maximum atomic E-state index is 12.2. The van der Waals surface area contributed by atoms with Crippen LogP contribution in [-0.4, -0.2) is 31.5 Å². The van der Waals surface area contributed by atoms with Crippen LogP contribution in [0.3, 0.4) is 0 Å². The summed E-state index contributed by atoms with van der Waals surface area (Å²) in [5, 5.41) is 5.52. The topological polar surface area (TPSA) is 67.4 Å². The van der Waals surface area contributed by atoms with Crippen LogP contribution in [0.5, 0.6) is 5.75 Å². The SMILES string of the molecule is CCOc1ccccc1C(=O)NCC(=O)NCCCC1CCCC1. The second-order valence-electron chi connectivity index (χ2n) is 6.25. The second-order valence-corrected chi connectivity index (χ2v) is 6.25. The molecule has 0 bridgehead atoms. The summed E-state index contributed by atoms with van der Waals surface area (Å²) in [5.41, 5.74) is 0.452. The Hall–Kier alpha value is -2.04. The molecule has 0 atom stereocenters. The van der Waals surface area contributed by atoms with Crippen LogP contribution in [0, 0.1) is 5.92 Å². The van der Waals surface area contributed by atoms with Crippen molar-refractivity contribution in [3.05, 3.63) is 29.8 Å². The summed E-state index contributed by atoms with van der Waals surface area (Å²) in [6.45, 7) is 3.03. The lowest BCUT2D eigenvalue weighted by Gasteiger charge is -2.11. The molecular formula is C19H28N2O3. The fourth-order valence-corrected chi connectivity index (χ4v) is 3.17. The van der Waals surface area contributed by atoms with Crippen LogP contribution in [0.2, 0.25) is 0 Å². The zero-order valence-corrected chi connectivity index (χ0v) is 14.5. The summed E-state index contributed by atoms with van der Waals surface area (Å²) in [6.07, 6.45) is 7.58. The van der Waals surface area contributed by atoms with Crippen LogP contribution in [-0.2, 0) is 4.79 Å². The van der Waals surface area contributed by atoms with Gasteiger partial charge in [0, 0.05) is 6.54 Å². The molecule has 2 N–H and O–H groups in total. The van der Waals surface area contributed by atoms with E-state index in [2.05, 4.69) is 10.6 Å². The van der Waals surface area contributed by atoms with Crippen molar-refractivity contribution in [2.45, 2.75) is 45.4 Å². The molecule has 0 unspecified atom stereocenters. The minimum absolute atomic E-state index is 0.0112. The largest absolute Gasteiger partial charge is 0.493 e. The van der Waals surface area contributed by atoms with E-state index in [9.17, 15) is 9.59 Å². The molecule has 2 rings (SSSR count). The predicted molar refractivity (Wildman–Crippen MR) is 94.1 cm³/mol. The monoisotopic (exact) mass is 332 g/mol. The highest BCUT2D eigenvalue weighted by molar-refractivity contribution is 5.98. The Bertz CT molecular complexity index is 539. The second kappa shape index (κ2) is 9.96. The third kappa shape index (κ3) is 5.87. The van der Waals surface area contributed by atoms with E-state index in [0.717, 1.165) is 12.3 Å². The first-order chi connectivity index (χ1) is 11.7. The highest BCUT2D eigenvalue weighted by Gasteiger charge is 2.15. The van der Waals surface area contributed by atoms with Crippen molar-refractivity contribution in [1.29, 1.82) is 0 Å². The molecule has 0 radical (unpaired) electrons. The van der Waals surface area contributed by atoms with E-state index in [4.69, 9.17) is 4.74 Å². The third-order valence-corrected chi connectivity index (χ3v) is 4.43. The molecule has 1 saturated carbocycles. The van der Waals surface area contributed by atoms with Crippen LogP contribution in [0.25, 0.3) is 0 Å². The van der Waals surface area contributed by atoms with E-state index in [1.807, 2.05) is 13.0 Å². The van der Waals surface area contributed by atoms with Crippen molar-refractivity contribution < 1.29 is 14.3 Å². The van der Waals surface area contributed by atoms with Gasteiger partial charge in [0.05, 0.1) is 18.7 Å². The van der Waals surface area contributed by atoms with Crippen LogP contribution >= 0.6 is 0 Å².